The molecule has 0 amide bonds. The summed E-state index contributed by atoms with van der Waals surface area (Å²) < 4.78 is 6.01. The molecule has 1 atom stereocenters. The Bertz CT molecular complexity index is 1290. The third-order valence-electron chi connectivity index (χ3n) is 6.01. The molecule has 0 radical (unpaired) electrons. The summed E-state index contributed by atoms with van der Waals surface area (Å²) in [5.41, 5.74) is 6.02. The van der Waals surface area contributed by atoms with E-state index in [-0.39, 0.29) is 12.4 Å². The molecule has 1 fully saturated rings. The number of nitrogens with zero attached hydrogens (tertiary/aromatic N) is 4. The summed E-state index contributed by atoms with van der Waals surface area (Å²) in [6.07, 6.45) is 2.98. The molecule has 0 spiro atoms. The highest BCUT2D eigenvalue weighted by molar-refractivity contribution is 5.93. The Hall–Kier alpha value is -3.62. The van der Waals surface area contributed by atoms with Crippen molar-refractivity contribution in [1.29, 1.82) is 5.26 Å². The summed E-state index contributed by atoms with van der Waals surface area (Å²) in [6.45, 7) is 4.47. The average molecular weight is 457 g/mol. The van der Waals surface area contributed by atoms with Crippen molar-refractivity contribution in [3.05, 3.63) is 95.4 Å². The second-order valence-electron chi connectivity index (χ2n) is 8.25. The summed E-state index contributed by atoms with van der Waals surface area (Å²) in [5, 5.41) is 10.1. The number of ether oxygens (including phenoxy) is 1. The molecule has 6 heteroatoms. The van der Waals surface area contributed by atoms with E-state index in [4.69, 9.17) is 15.0 Å². The number of aryl methyl sites for hydroxylation is 1. The van der Waals surface area contributed by atoms with Crippen LogP contribution in [0.3, 0.4) is 0 Å². The van der Waals surface area contributed by atoms with E-state index in [1.54, 1.807) is 0 Å². The highest BCUT2D eigenvalue weighted by Crippen LogP contribution is 2.35. The van der Waals surface area contributed by atoms with Gasteiger partial charge in [-0.2, -0.15) is 5.26 Å². The van der Waals surface area contributed by atoms with Crippen molar-refractivity contribution < 1.29 is 4.74 Å². The minimum atomic E-state index is 0. The number of pyridine rings is 2. The van der Waals surface area contributed by atoms with Crippen molar-refractivity contribution >= 4 is 29.0 Å². The Labute approximate surface area is 200 Å². The van der Waals surface area contributed by atoms with Gasteiger partial charge in [0, 0.05) is 53.7 Å². The summed E-state index contributed by atoms with van der Waals surface area (Å²) >= 11 is 0. The van der Waals surface area contributed by atoms with E-state index in [0.29, 0.717) is 18.1 Å². The van der Waals surface area contributed by atoms with Gasteiger partial charge in [-0.1, -0.05) is 18.2 Å². The van der Waals surface area contributed by atoms with E-state index >= 15 is 0 Å². The Morgan fingerprint density at radius 3 is 2.70 bits per heavy atom. The fourth-order valence-electron chi connectivity index (χ4n) is 4.35. The summed E-state index contributed by atoms with van der Waals surface area (Å²) in [5.74, 6) is 1.24. The van der Waals surface area contributed by atoms with Gasteiger partial charge in [0.1, 0.15) is 12.4 Å². The number of anilines is 1. The van der Waals surface area contributed by atoms with Crippen molar-refractivity contribution in [1.82, 2.24) is 9.97 Å². The Morgan fingerprint density at radius 2 is 1.94 bits per heavy atom. The minimum Gasteiger partial charge on any atom is -0.489 e. The first-order chi connectivity index (χ1) is 15.7. The monoisotopic (exact) mass is 456 g/mol. The maximum Gasteiger partial charge on any atom is 0.122 e. The van der Waals surface area contributed by atoms with E-state index < -0.39 is 0 Å². The molecule has 0 bridgehead atoms. The summed E-state index contributed by atoms with van der Waals surface area (Å²) in [4.78, 5) is 11.8. The fraction of sp³-hybridized carbons (Fsp3) is 0.222. The van der Waals surface area contributed by atoms with Crippen molar-refractivity contribution in [3.63, 3.8) is 0 Å². The van der Waals surface area contributed by atoms with Gasteiger partial charge in [0.25, 0.3) is 0 Å². The normalized spacial score (nSPS) is 15.2. The Balaban J connectivity index is 0.00000259. The zero-order valence-corrected chi connectivity index (χ0v) is 19.3. The molecule has 1 aliphatic heterocycles. The molecule has 2 aromatic heterocycles. The molecular weight excluding hydrogens is 432 g/mol. The molecule has 4 aromatic rings. The van der Waals surface area contributed by atoms with Crippen molar-refractivity contribution in [3.8, 4) is 11.8 Å². The number of rotatable bonds is 5. The second kappa shape index (κ2) is 9.89. The lowest BCUT2D eigenvalue weighted by Crippen LogP contribution is -2.20. The summed E-state index contributed by atoms with van der Waals surface area (Å²) in [7, 11) is 0. The van der Waals surface area contributed by atoms with Crippen LogP contribution >= 0.6 is 12.4 Å². The van der Waals surface area contributed by atoms with E-state index in [1.165, 1.54) is 11.4 Å². The van der Waals surface area contributed by atoms with E-state index in [9.17, 15) is 0 Å². The summed E-state index contributed by atoms with van der Waals surface area (Å²) in [6, 6.07) is 24.1. The number of hydrogen-bond acceptors (Lipinski definition) is 5. The number of aromatic nitrogens is 2. The molecular formula is C27H25ClN4O. The molecule has 5 rings (SSSR count). The molecule has 2 aromatic carbocycles. The lowest BCUT2D eigenvalue weighted by Gasteiger charge is -2.21. The van der Waals surface area contributed by atoms with Crippen LogP contribution in [0.1, 0.15) is 34.9 Å². The maximum absolute atomic E-state index is 8.94. The third-order valence-corrected chi connectivity index (χ3v) is 6.01. The van der Waals surface area contributed by atoms with Gasteiger partial charge in [0.05, 0.1) is 17.1 Å². The van der Waals surface area contributed by atoms with Crippen LogP contribution in [0.4, 0.5) is 5.69 Å². The number of benzene rings is 2. The second-order valence-corrected chi connectivity index (χ2v) is 8.25. The van der Waals surface area contributed by atoms with Crippen LogP contribution in [0.5, 0.6) is 5.75 Å². The smallest absolute Gasteiger partial charge is 0.122 e. The van der Waals surface area contributed by atoms with Crippen LogP contribution in [0.25, 0.3) is 10.9 Å². The molecule has 1 saturated heterocycles. The number of fused-ring (bicyclic) bond motifs is 1. The van der Waals surface area contributed by atoms with Crippen LogP contribution in [0, 0.1) is 18.3 Å². The molecule has 5 nitrogen and oxygen atoms in total. The van der Waals surface area contributed by atoms with Gasteiger partial charge in [0.15, 0.2) is 0 Å². The van der Waals surface area contributed by atoms with Crippen LogP contribution in [-0.2, 0) is 6.61 Å². The van der Waals surface area contributed by atoms with Gasteiger partial charge in [-0.25, -0.2) is 0 Å². The molecule has 166 valence electrons. The van der Waals surface area contributed by atoms with Gasteiger partial charge < -0.3 is 9.64 Å². The van der Waals surface area contributed by atoms with Crippen molar-refractivity contribution in [2.24, 2.45) is 0 Å². The first-order valence-electron chi connectivity index (χ1n) is 10.9. The van der Waals surface area contributed by atoms with Gasteiger partial charge >= 0.3 is 0 Å². The van der Waals surface area contributed by atoms with Crippen molar-refractivity contribution in [2.45, 2.75) is 25.9 Å². The number of nitriles is 1. The van der Waals surface area contributed by atoms with Crippen molar-refractivity contribution in [2.75, 3.05) is 18.0 Å². The predicted molar refractivity (Wildman–Crippen MR) is 133 cm³/mol. The van der Waals surface area contributed by atoms with E-state index in [1.807, 2.05) is 55.6 Å². The molecule has 1 aliphatic rings. The number of hydrogen-bond donors (Lipinski definition) is 0. The largest absolute Gasteiger partial charge is 0.489 e. The molecule has 0 aliphatic carbocycles. The maximum atomic E-state index is 8.94. The highest BCUT2D eigenvalue weighted by Gasteiger charge is 2.26. The lowest BCUT2D eigenvalue weighted by atomic mass is 10.0. The first kappa shape index (κ1) is 22.6. The number of halogens is 1. The standard InChI is InChI=1S/C27H24N4O.ClH/c1-19-14-27(31-13-11-22(17-31)25-4-2-3-12-29-25)24-10-9-23(15-26(24)30-19)32-18-21-7-5-20(16-28)6-8-21;/h2-10,12,14-15,22H,11,13,17-18H2,1H3;1H/t22-;/m1./s1. The quantitative estimate of drug-likeness (QED) is 0.379. The molecule has 3 heterocycles. The van der Waals surface area contributed by atoms with Crippen LogP contribution in [-0.4, -0.2) is 23.1 Å². The highest BCUT2D eigenvalue weighted by atomic mass is 35.5. The van der Waals surface area contributed by atoms with Crippen LogP contribution < -0.4 is 9.64 Å². The minimum absolute atomic E-state index is 0. The zero-order chi connectivity index (χ0) is 21.9. The fourth-order valence-corrected chi connectivity index (χ4v) is 4.35. The third kappa shape index (κ3) is 4.92. The van der Waals surface area contributed by atoms with Gasteiger partial charge in [-0.3, -0.25) is 9.97 Å². The van der Waals surface area contributed by atoms with Crippen LogP contribution in [0.15, 0.2) is 72.9 Å². The van der Waals surface area contributed by atoms with Crippen LogP contribution in [0.2, 0.25) is 0 Å². The average Bonchev–Trinajstić information content (AvgIpc) is 3.33. The Kier molecular flexibility index (Phi) is 6.76. The molecule has 0 N–H and O–H groups in total. The molecule has 0 unspecified atom stereocenters. The zero-order valence-electron chi connectivity index (χ0n) is 18.4. The molecule has 0 saturated carbocycles. The van der Waals surface area contributed by atoms with Gasteiger partial charge in [-0.05, 0) is 61.4 Å². The SMILES string of the molecule is Cc1cc(N2CC[C@@H](c3ccccn3)C2)c2ccc(OCc3ccc(C#N)cc3)cc2n1.Cl. The Morgan fingerprint density at radius 1 is 1.09 bits per heavy atom. The van der Waals surface area contributed by atoms with E-state index in [0.717, 1.165) is 47.4 Å². The van der Waals surface area contributed by atoms with E-state index in [2.05, 4.69) is 40.2 Å². The first-order valence-corrected chi connectivity index (χ1v) is 10.9. The van der Waals surface area contributed by atoms with Gasteiger partial charge in [0.2, 0.25) is 0 Å². The topological polar surface area (TPSA) is 62.0 Å². The van der Waals surface area contributed by atoms with Gasteiger partial charge in [-0.15, -0.1) is 12.4 Å². The predicted octanol–water partition coefficient (Wildman–Crippen LogP) is 5.80. The molecule has 33 heavy (non-hydrogen) atoms. The lowest BCUT2D eigenvalue weighted by molar-refractivity contribution is 0.306.